The predicted octanol–water partition coefficient (Wildman–Crippen LogP) is 3.14. The first-order valence-electron chi connectivity index (χ1n) is 10.6. The van der Waals surface area contributed by atoms with Crippen molar-refractivity contribution in [2.75, 3.05) is 18.5 Å². The van der Waals surface area contributed by atoms with Crippen LogP contribution in [0.1, 0.15) is 28.6 Å². The van der Waals surface area contributed by atoms with Gasteiger partial charge < -0.3 is 11.1 Å². The highest BCUT2D eigenvalue weighted by Crippen LogP contribution is 2.32. The van der Waals surface area contributed by atoms with Gasteiger partial charge in [0.05, 0.1) is 16.1 Å². The summed E-state index contributed by atoms with van der Waals surface area (Å²) in [5.41, 5.74) is 11.2. The summed E-state index contributed by atoms with van der Waals surface area (Å²) in [5, 5.41) is 4.21. The fraction of sp³-hybridized carbons (Fsp3) is 0.250. The molecule has 1 atom stereocenters. The summed E-state index contributed by atoms with van der Waals surface area (Å²) in [6, 6.07) is 17.5. The molecule has 0 bridgehead atoms. The van der Waals surface area contributed by atoms with Crippen molar-refractivity contribution >= 4 is 26.6 Å². The van der Waals surface area contributed by atoms with Crippen LogP contribution in [-0.2, 0) is 22.7 Å². The van der Waals surface area contributed by atoms with E-state index in [1.165, 1.54) is 11.8 Å². The van der Waals surface area contributed by atoms with Crippen LogP contribution in [0.25, 0.3) is 16.9 Å². The summed E-state index contributed by atoms with van der Waals surface area (Å²) < 4.78 is 26.4. The molecule has 8 heteroatoms. The number of nitrogens with one attached hydrogen (secondary N) is 1. The Hall–Kier alpha value is -3.23. The molecule has 2 aromatic heterocycles. The normalized spacial score (nSPS) is 16.2. The minimum absolute atomic E-state index is 0.0505. The van der Waals surface area contributed by atoms with Crippen LogP contribution in [-0.4, -0.2) is 35.8 Å². The van der Waals surface area contributed by atoms with Crippen LogP contribution in [0.3, 0.4) is 0 Å². The van der Waals surface area contributed by atoms with Crippen LogP contribution in [0, 0.1) is 6.92 Å². The molecule has 1 unspecified atom stereocenters. The summed E-state index contributed by atoms with van der Waals surface area (Å²) in [5.74, 6) is 0.929. The van der Waals surface area contributed by atoms with E-state index >= 15 is 0 Å². The first kappa shape index (κ1) is 20.7. The van der Waals surface area contributed by atoms with Crippen molar-refractivity contribution in [2.45, 2.75) is 30.7 Å². The summed E-state index contributed by atoms with van der Waals surface area (Å²) in [7, 11) is -3.36. The summed E-state index contributed by atoms with van der Waals surface area (Å²) in [6.07, 6.45) is 2.79. The zero-order chi connectivity index (χ0) is 22.5. The smallest absolute Gasteiger partial charge is 0.236 e. The van der Waals surface area contributed by atoms with Gasteiger partial charge in [-0.25, -0.2) is 13.4 Å². The van der Waals surface area contributed by atoms with Gasteiger partial charge in [0.1, 0.15) is 5.82 Å². The monoisotopic (exact) mass is 447 g/mol. The third kappa shape index (κ3) is 3.55. The molecule has 0 amide bonds. The molecule has 0 saturated carbocycles. The standard InChI is InChI=1S/C24H25N5O2S/c1-15-13-17-20(9-6-10-21(17)32(2,30)31)29(15)24-27-18-11-12-26-19(22(18)23(25)28-24)14-16-7-4-3-5-8-16/h3-10,13,19,26H,11-12,14H2,1-2H3,(H2,25,27,28). The maximum atomic E-state index is 12.3. The molecular formula is C24H25N5O2S. The second-order valence-corrected chi connectivity index (χ2v) is 10.3. The molecule has 2 aromatic carbocycles. The van der Waals surface area contributed by atoms with Gasteiger partial charge in [0.15, 0.2) is 9.84 Å². The van der Waals surface area contributed by atoms with E-state index in [1.54, 1.807) is 12.1 Å². The van der Waals surface area contributed by atoms with Gasteiger partial charge >= 0.3 is 0 Å². The average molecular weight is 448 g/mol. The van der Waals surface area contributed by atoms with Crippen molar-refractivity contribution in [1.82, 2.24) is 19.9 Å². The second-order valence-electron chi connectivity index (χ2n) is 8.30. The third-order valence-corrected chi connectivity index (χ3v) is 7.17. The fourth-order valence-corrected chi connectivity index (χ4v) is 5.50. The first-order chi connectivity index (χ1) is 15.3. The van der Waals surface area contributed by atoms with Crippen LogP contribution in [0.5, 0.6) is 0 Å². The van der Waals surface area contributed by atoms with Gasteiger partial charge in [0.25, 0.3) is 0 Å². The maximum absolute atomic E-state index is 12.3. The van der Waals surface area contributed by atoms with E-state index < -0.39 is 9.84 Å². The summed E-state index contributed by atoms with van der Waals surface area (Å²) in [4.78, 5) is 9.86. The Labute approximate surface area is 187 Å². The number of nitrogens with two attached hydrogens (primary N) is 1. The number of aromatic nitrogens is 3. The van der Waals surface area contributed by atoms with E-state index in [0.717, 1.165) is 41.9 Å². The number of nitrogens with zero attached hydrogens (tertiary/aromatic N) is 3. The molecule has 1 aliphatic heterocycles. The fourth-order valence-electron chi connectivity index (χ4n) is 4.61. The van der Waals surface area contributed by atoms with E-state index in [2.05, 4.69) is 22.4 Å². The largest absolute Gasteiger partial charge is 0.383 e. The van der Waals surface area contributed by atoms with E-state index in [-0.39, 0.29) is 6.04 Å². The lowest BCUT2D eigenvalue weighted by atomic mass is 9.94. The number of hydrogen-bond donors (Lipinski definition) is 2. The van der Waals surface area contributed by atoms with E-state index in [1.807, 2.05) is 41.8 Å². The summed E-state index contributed by atoms with van der Waals surface area (Å²) >= 11 is 0. The molecule has 3 heterocycles. The molecule has 0 saturated heterocycles. The first-order valence-corrected chi connectivity index (χ1v) is 12.5. The van der Waals surface area contributed by atoms with E-state index in [0.29, 0.717) is 22.0 Å². The Kier molecular flexibility index (Phi) is 4.98. The van der Waals surface area contributed by atoms with Crippen LogP contribution < -0.4 is 11.1 Å². The van der Waals surface area contributed by atoms with Crippen LogP contribution in [0.2, 0.25) is 0 Å². The highest BCUT2D eigenvalue weighted by atomic mass is 32.2. The number of hydrogen-bond acceptors (Lipinski definition) is 6. The van der Waals surface area contributed by atoms with Gasteiger partial charge in [-0.15, -0.1) is 0 Å². The zero-order valence-corrected chi connectivity index (χ0v) is 18.9. The van der Waals surface area contributed by atoms with Crippen molar-refractivity contribution in [3.05, 3.63) is 77.1 Å². The van der Waals surface area contributed by atoms with Gasteiger partial charge in [-0.2, -0.15) is 4.98 Å². The zero-order valence-electron chi connectivity index (χ0n) is 18.0. The molecule has 0 spiro atoms. The Morgan fingerprint density at radius 3 is 2.66 bits per heavy atom. The molecule has 164 valence electrons. The number of benzene rings is 2. The van der Waals surface area contributed by atoms with Gasteiger partial charge in [0.2, 0.25) is 5.95 Å². The minimum Gasteiger partial charge on any atom is -0.383 e. The number of anilines is 1. The SMILES string of the molecule is Cc1cc2c(S(C)(=O)=O)cccc2n1-c1nc(N)c2c(n1)CCNC2Cc1ccccc1. The van der Waals surface area contributed by atoms with E-state index in [9.17, 15) is 8.42 Å². The van der Waals surface area contributed by atoms with Crippen LogP contribution in [0.15, 0.2) is 59.5 Å². The molecule has 1 aliphatic rings. The lowest BCUT2D eigenvalue weighted by Gasteiger charge is -2.28. The molecule has 0 aliphatic carbocycles. The van der Waals surface area contributed by atoms with Crippen molar-refractivity contribution in [3.63, 3.8) is 0 Å². The van der Waals surface area contributed by atoms with E-state index in [4.69, 9.17) is 10.7 Å². The number of fused-ring (bicyclic) bond motifs is 2. The number of sulfone groups is 1. The van der Waals surface area contributed by atoms with Crippen molar-refractivity contribution in [2.24, 2.45) is 0 Å². The lowest BCUT2D eigenvalue weighted by Crippen LogP contribution is -2.33. The Morgan fingerprint density at radius 2 is 1.91 bits per heavy atom. The molecule has 3 N–H and O–H groups in total. The lowest BCUT2D eigenvalue weighted by molar-refractivity contribution is 0.494. The maximum Gasteiger partial charge on any atom is 0.236 e. The molecule has 7 nitrogen and oxygen atoms in total. The van der Waals surface area contributed by atoms with Gasteiger partial charge in [-0.3, -0.25) is 4.57 Å². The van der Waals surface area contributed by atoms with Gasteiger partial charge in [0, 0.05) is 41.9 Å². The quantitative estimate of drug-likeness (QED) is 0.498. The highest BCUT2D eigenvalue weighted by Gasteiger charge is 2.26. The minimum atomic E-state index is -3.36. The number of rotatable bonds is 4. The predicted molar refractivity (Wildman–Crippen MR) is 126 cm³/mol. The van der Waals surface area contributed by atoms with Crippen LogP contribution in [0.4, 0.5) is 5.82 Å². The van der Waals surface area contributed by atoms with Gasteiger partial charge in [-0.1, -0.05) is 36.4 Å². The highest BCUT2D eigenvalue weighted by molar-refractivity contribution is 7.91. The molecule has 0 radical (unpaired) electrons. The molecule has 5 rings (SSSR count). The van der Waals surface area contributed by atoms with Gasteiger partial charge in [-0.05, 0) is 37.1 Å². The Balaban J connectivity index is 1.62. The molecule has 4 aromatic rings. The van der Waals surface area contributed by atoms with Crippen molar-refractivity contribution < 1.29 is 8.42 Å². The molecular weight excluding hydrogens is 422 g/mol. The molecule has 32 heavy (non-hydrogen) atoms. The number of aryl methyl sites for hydroxylation is 1. The van der Waals surface area contributed by atoms with Crippen molar-refractivity contribution in [3.8, 4) is 5.95 Å². The Bertz CT molecular complexity index is 1430. The topological polar surface area (TPSA) is 103 Å². The molecule has 0 fully saturated rings. The average Bonchev–Trinajstić information content (AvgIpc) is 3.09. The Morgan fingerprint density at radius 1 is 1.12 bits per heavy atom. The van der Waals surface area contributed by atoms with Crippen molar-refractivity contribution in [1.29, 1.82) is 0 Å². The van der Waals surface area contributed by atoms with Crippen LogP contribution >= 0.6 is 0 Å². The number of nitrogen functional groups attached to an aromatic ring is 1. The third-order valence-electron chi connectivity index (χ3n) is 6.02. The second kappa shape index (κ2) is 7.72. The summed E-state index contributed by atoms with van der Waals surface area (Å²) in [6.45, 7) is 2.73.